The molecule has 0 fully saturated rings. The van der Waals surface area contributed by atoms with Crippen LogP contribution in [0.3, 0.4) is 0 Å². The fraction of sp³-hybridized carbons (Fsp3) is 0.667. The summed E-state index contributed by atoms with van der Waals surface area (Å²) in [6.45, 7) is 2.54. The molecular weight excluding hydrogens is 192 g/mol. The third-order valence-electron chi connectivity index (χ3n) is 2.52. The first-order valence-electron chi connectivity index (χ1n) is 5.62. The largest absolute Gasteiger partial charge is 0.465 e. The Bertz CT molecular complexity index is 256. The second kappa shape index (κ2) is 6.38. The third kappa shape index (κ3) is 3.86. The highest BCUT2D eigenvalue weighted by atomic mass is 16.5. The van der Waals surface area contributed by atoms with Gasteiger partial charge in [0.05, 0.1) is 6.61 Å². The van der Waals surface area contributed by atoms with Crippen molar-refractivity contribution >= 4 is 11.8 Å². The lowest BCUT2D eigenvalue weighted by Crippen LogP contribution is -2.26. The molecule has 0 saturated heterocycles. The second-order valence-electron chi connectivity index (χ2n) is 3.81. The lowest BCUT2D eigenvalue weighted by Gasteiger charge is -2.15. The Morgan fingerprint density at radius 2 is 2.33 bits per heavy atom. The number of rotatable bonds is 5. The third-order valence-corrected chi connectivity index (χ3v) is 2.52. The fourth-order valence-electron chi connectivity index (χ4n) is 1.58. The molecule has 0 aliphatic heterocycles. The van der Waals surface area contributed by atoms with Crippen molar-refractivity contribution < 1.29 is 14.3 Å². The van der Waals surface area contributed by atoms with Gasteiger partial charge in [-0.15, -0.1) is 0 Å². The summed E-state index contributed by atoms with van der Waals surface area (Å²) in [4.78, 5) is 22.8. The second-order valence-corrected chi connectivity index (χ2v) is 3.81. The molecule has 1 aliphatic rings. The van der Waals surface area contributed by atoms with Crippen molar-refractivity contribution in [3.8, 4) is 0 Å². The van der Waals surface area contributed by atoms with Crippen molar-refractivity contribution in [2.24, 2.45) is 5.92 Å². The molecule has 0 radical (unpaired) electrons. The quantitative estimate of drug-likeness (QED) is 0.397. The van der Waals surface area contributed by atoms with E-state index in [9.17, 15) is 9.59 Å². The predicted molar refractivity (Wildman–Crippen MR) is 57.4 cm³/mol. The van der Waals surface area contributed by atoms with Crippen molar-refractivity contribution in [1.29, 1.82) is 0 Å². The molecule has 1 rings (SSSR count). The monoisotopic (exact) mass is 210 g/mol. The normalized spacial score (nSPS) is 20.3. The zero-order chi connectivity index (χ0) is 11.1. The van der Waals surface area contributed by atoms with E-state index in [1.165, 1.54) is 6.08 Å². The van der Waals surface area contributed by atoms with E-state index in [1.807, 2.05) is 6.08 Å². The first-order valence-corrected chi connectivity index (χ1v) is 5.62. The van der Waals surface area contributed by atoms with Crippen LogP contribution in [-0.2, 0) is 14.3 Å². The molecule has 0 bridgehead atoms. The molecule has 3 heteroatoms. The molecule has 15 heavy (non-hydrogen) atoms. The van der Waals surface area contributed by atoms with Gasteiger partial charge in [-0.3, -0.25) is 9.59 Å². The summed E-state index contributed by atoms with van der Waals surface area (Å²) in [6, 6.07) is 0. The molecule has 1 unspecified atom stereocenters. The first-order chi connectivity index (χ1) is 7.25. The van der Waals surface area contributed by atoms with Crippen molar-refractivity contribution in [2.75, 3.05) is 6.61 Å². The molecule has 3 nitrogen and oxygen atoms in total. The highest BCUT2D eigenvalue weighted by Gasteiger charge is 2.27. The maximum atomic E-state index is 11.5. The molecule has 84 valence electrons. The number of hydrogen-bond acceptors (Lipinski definition) is 3. The molecule has 0 spiro atoms. The van der Waals surface area contributed by atoms with Gasteiger partial charge in [0.15, 0.2) is 5.78 Å². The number of esters is 1. The number of hydrogen-bond donors (Lipinski definition) is 0. The van der Waals surface area contributed by atoms with Crippen LogP contribution in [-0.4, -0.2) is 18.4 Å². The fourth-order valence-corrected chi connectivity index (χ4v) is 1.58. The van der Waals surface area contributed by atoms with Crippen molar-refractivity contribution in [3.05, 3.63) is 12.2 Å². The lowest BCUT2D eigenvalue weighted by atomic mass is 9.93. The molecule has 0 aromatic heterocycles. The van der Waals surface area contributed by atoms with Crippen LogP contribution in [0.25, 0.3) is 0 Å². The van der Waals surface area contributed by atoms with Gasteiger partial charge in [0, 0.05) is 0 Å². The predicted octanol–water partition coefficient (Wildman–Crippen LogP) is 2.26. The smallest absolute Gasteiger partial charge is 0.316 e. The first kappa shape index (κ1) is 12.0. The number of carbonyl (C=O) groups is 2. The highest BCUT2D eigenvalue weighted by Crippen LogP contribution is 2.16. The van der Waals surface area contributed by atoms with E-state index >= 15 is 0 Å². The highest BCUT2D eigenvalue weighted by molar-refractivity contribution is 6.05. The lowest BCUT2D eigenvalue weighted by molar-refractivity contribution is -0.151. The van der Waals surface area contributed by atoms with Crippen LogP contribution < -0.4 is 0 Å². The summed E-state index contributed by atoms with van der Waals surface area (Å²) in [6.07, 6.45) is 7.74. The molecule has 0 amide bonds. The summed E-state index contributed by atoms with van der Waals surface area (Å²) >= 11 is 0. The molecule has 0 heterocycles. The van der Waals surface area contributed by atoms with Gasteiger partial charge in [-0.05, 0) is 25.3 Å². The molecule has 0 aromatic carbocycles. The summed E-state index contributed by atoms with van der Waals surface area (Å²) in [5.74, 6) is -1.00. The van der Waals surface area contributed by atoms with E-state index in [-0.39, 0.29) is 11.8 Å². The Morgan fingerprint density at radius 3 is 3.00 bits per heavy atom. The number of unbranched alkanes of at least 4 members (excludes halogenated alkanes) is 2. The molecule has 1 aliphatic carbocycles. The number of carbonyl (C=O) groups excluding carboxylic acids is 2. The molecular formula is C12H18O3. The Hall–Kier alpha value is -1.12. The number of ketones is 1. The van der Waals surface area contributed by atoms with Crippen molar-refractivity contribution in [3.63, 3.8) is 0 Å². The standard InChI is InChI=1S/C12H18O3/c1-2-3-6-9-15-12(14)10-7-4-5-8-11(10)13/h5,8,10H,2-4,6-7,9H2,1H3. The minimum absolute atomic E-state index is 0.109. The van der Waals surface area contributed by atoms with Gasteiger partial charge in [-0.2, -0.15) is 0 Å². The molecule has 1 atom stereocenters. The summed E-state index contributed by atoms with van der Waals surface area (Å²) in [7, 11) is 0. The van der Waals surface area contributed by atoms with Crippen LogP contribution in [0.2, 0.25) is 0 Å². The topological polar surface area (TPSA) is 43.4 Å². The van der Waals surface area contributed by atoms with Gasteiger partial charge >= 0.3 is 5.97 Å². The van der Waals surface area contributed by atoms with Gasteiger partial charge < -0.3 is 4.74 Å². The van der Waals surface area contributed by atoms with Crippen LogP contribution >= 0.6 is 0 Å². The van der Waals surface area contributed by atoms with Gasteiger partial charge in [0.2, 0.25) is 0 Å². The van der Waals surface area contributed by atoms with E-state index in [2.05, 4.69) is 6.92 Å². The van der Waals surface area contributed by atoms with Gasteiger partial charge in [-0.25, -0.2) is 0 Å². The molecule has 0 saturated carbocycles. The maximum Gasteiger partial charge on any atom is 0.316 e. The Morgan fingerprint density at radius 1 is 1.53 bits per heavy atom. The maximum absolute atomic E-state index is 11.5. The van der Waals surface area contributed by atoms with Crippen molar-refractivity contribution in [2.45, 2.75) is 39.0 Å². The SMILES string of the molecule is CCCCCOC(=O)C1CCC=CC1=O. The Balaban J connectivity index is 2.27. The zero-order valence-corrected chi connectivity index (χ0v) is 9.20. The van der Waals surface area contributed by atoms with Crippen LogP contribution in [0.4, 0.5) is 0 Å². The molecule has 0 aromatic rings. The Kier molecular flexibility index (Phi) is 5.08. The van der Waals surface area contributed by atoms with E-state index < -0.39 is 5.92 Å². The minimum Gasteiger partial charge on any atom is -0.465 e. The summed E-state index contributed by atoms with van der Waals surface area (Å²) in [5.41, 5.74) is 0. The average Bonchev–Trinajstić information content (AvgIpc) is 2.25. The number of ether oxygens (including phenoxy) is 1. The van der Waals surface area contributed by atoms with Crippen LogP contribution in [0.5, 0.6) is 0 Å². The van der Waals surface area contributed by atoms with Gasteiger partial charge in [-0.1, -0.05) is 25.8 Å². The minimum atomic E-state index is -0.545. The van der Waals surface area contributed by atoms with Gasteiger partial charge in [0.1, 0.15) is 5.92 Å². The number of allylic oxidation sites excluding steroid dienone is 2. The summed E-state index contributed by atoms with van der Waals surface area (Å²) < 4.78 is 5.06. The van der Waals surface area contributed by atoms with Crippen LogP contribution in [0, 0.1) is 5.92 Å². The van der Waals surface area contributed by atoms with Crippen LogP contribution in [0.15, 0.2) is 12.2 Å². The van der Waals surface area contributed by atoms with E-state index in [1.54, 1.807) is 0 Å². The van der Waals surface area contributed by atoms with E-state index in [4.69, 9.17) is 4.74 Å². The van der Waals surface area contributed by atoms with Crippen LogP contribution in [0.1, 0.15) is 39.0 Å². The van der Waals surface area contributed by atoms with Crippen molar-refractivity contribution in [1.82, 2.24) is 0 Å². The molecule has 0 N–H and O–H groups in total. The van der Waals surface area contributed by atoms with Gasteiger partial charge in [0.25, 0.3) is 0 Å². The van der Waals surface area contributed by atoms with E-state index in [0.29, 0.717) is 13.0 Å². The zero-order valence-electron chi connectivity index (χ0n) is 9.20. The van der Waals surface area contributed by atoms with E-state index in [0.717, 1.165) is 25.7 Å². The average molecular weight is 210 g/mol. The Labute approximate surface area is 90.5 Å². The summed E-state index contributed by atoms with van der Waals surface area (Å²) in [5, 5.41) is 0.